The van der Waals surface area contributed by atoms with Crippen LogP contribution < -0.4 is 19.6 Å². The van der Waals surface area contributed by atoms with Gasteiger partial charge in [-0.2, -0.15) is 5.10 Å². The molecule has 0 spiro atoms. The highest BCUT2D eigenvalue weighted by molar-refractivity contribution is 5.95. The van der Waals surface area contributed by atoms with E-state index in [0.29, 0.717) is 47.2 Å². The van der Waals surface area contributed by atoms with Crippen molar-refractivity contribution in [3.8, 4) is 17.2 Å². The van der Waals surface area contributed by atoms with Crippen LogP contribution >= 0.6 is 0 Å². The maximum atomic E-state index is 12.6. The van der Waals surface area contributed by atoms with Crippen molar-refractivity contribution in [3.05, 3.63) is 89.5 Å². The van der Waals surface area contributed by atoms with Gasteiger partial charge in [0.2, 0.25) is 0 Å². The fourth-order valence-electron chi connectivity index (χ4n) is 2.84. The first-order valence-electron chi connectivity index (χ1n) is 10.7. The fourth-order valence-corrected chi connectivity index (χ4v) is 2.84. The van der Waals surface area contributed by atoms with Crippen molar-refractivity contribution in [2.24, 2.45) is 5.10 Å². The predicted molar refractivity (Wildman–Crippen MR) is 126 cm³/mol. The lowest BCUT2D eigenvalue weighted by molar-refractivity contribution is 0.0728. The van der Waals surface area contributed by atoms with E-state index in [4.69, 9.17) is 14.2 Å². The number of ether oxygens (including phenoxy) is 3. The molecule has 33 heavy (non-hydrogen) atoms. The summed E-state index contributed by atoms with van der Waals surface area (Å²) in [5.41, 5.74) is 4.06. The van der Waals surface area contributed by atoms with E-state index in [1.165, 1.54) is 6.21 Å². The fraction of sp³-hybridized carbons (Fsp3) is 0.192. The number of nitrogens with one attached hydrogen (secondary N) is 1. The standard InChI is InChI=1S/C26H26N2O5/c1-3-16-32-22-13-11-21(12-14-22)26(30)33-23-15-10-19(17-24(23)31-4-2)18-27-28-25(29)20-8-6-5-7-9-20/h5-15,17-18H,3-4,16H2,1-2H3,(H,28,29). The van der Waals surface area contributed by atoms with Gasteiger partial charge in [0, 0.05) is 5.56 Å². The van der Waals surface area contributed by atoms with E-state index in [-0.39, 0.29) is 5.91 Å². The van der Waals surface area contributed by atoms with E-state index in [1.54, 1.807) is 66.7 Å². The second-order valence-corrected chi connectivity index (χ2v) is 6.97. The molecule has 3 rings (SSSR count). The van der Waals surface area contributed by atoms with Crippen LogP contribution in [0.1, 0.15) is 46.5 Å². The molecule has 0 atom stereocenters. The summed E-state index contributed by atoms with van der Waals surface area (Å²) in [5.74, 6) is 0.570. The first-order valence-corrected chi connectivity index (χ1v) is 10.7. The lowest BCUT2D eigenvalue weighted by Crippen LogP contribution is -2.17. The van der Waals surface area contributed by atoms with E-state index >= 15 is 0 Å². The molecular formula is C26H26N2O5. The van der Waals surface area contributed by atoms with Gasteiger partial charge in [0.15, 0.2) is 11.5 Å². The third-order valence-corrected chi connectivity index (χ3v) is 4.45. The second kappa shape index (κ2) is 12.0. The Labute approximate surface area is 193 Å². The van der Waals surface area contributed by atoms with Gasteiger partial charge in [0.25, 0.3) is 5.91 Å². The van der Waals surface area contributed by atoms with Crippen LogP contribution in [0.5, 0.6) is 17.2 Å². The molecule has 3 aromatic carbocycles. The van der Waals surface area contributed by atoms with E-state index < -0.39 is 5.97 Å². The van der Waals surface area contributed by atoms with Crippen LogP contribution in [0.3, 0.4) is 0 Å². The molecule has 0 bridgehead atoms. The maximum Gasteiger partial charge on any atom is 0.343 e. The van der Waals surface area contributed by atoms with Crippen LogP contribution in [-0.4, -0.2) is 31.3 Å². The molecular weight excluding hydrogens is 420 g/mol. The maximum absolute atomic E-state index is 12.6. The van der Waals surface area contributed by atoms with Gasteiger partial charge in [0.05, 0.1) is 25.0 Å². The van der Waals surface area contributed by atoms with Crippen molar-refractivity contribution in [1.29, 1.82) is 0 Å². The Morgan fingerprint density at radius 1 is 0.879 bits per heavy atom. The van der Waals surface area contributed by atoms with E-state index in [1.807, 2.05) is 19.9 Å². The van der Waals surface area contributed by atoms with Gasteiger partial charge in [-0.15, -0.1) is 0 Å². The van der Waals surface area contributed by atoms with E-state index in [2.05, 4.69) is 10.5 Å². The molecule has 0 aromatic heterocycles. The van der Waals surface area contributed by atoms with Crippen LogP contribution in [0.4, 0.5) is 0 Å². The summed E-state index contributed by atoms with van der Waals surface area (Å²) in [6.45, 7) is 4.87. The molecule has 0 unspecified atom stereocenters. The van der Waals surface area contributed by atoms with Crippen LogP contribution in [0, 0.1) is 0 Å². The summed E-state index contributed by atoms with van der Waals surface area (Å²) in [6.07, 6.45) is 2.40. The van der Waals surface area contributed by atoms with Gasteiger partial charge in [-0.1, -0.05) is 25.1 Å². The lowest BCUT2D eigenvalue weighted by Gasteiger charge is -2.12. The minimum Gasteiger partial charge on any atom is -0.494 e. The molecule has 0 fully saturated rings. The number of hydrogen-bond acceptors (Lipinski definition) is 6. The van der Waals surface area contributed by atoms with Crippen molar-refractivity contribution < 1.29 is 23.8 Å². The Kier molecular flexibility index (Phi) is 8.59. The van der Waals surface area contributed by atoms with Gasteiger partial charge < -0.3 is 14.2 Å². The Hall–Kier alpha value is -4.13. The predicted octanol–water partition coefficient (Wildman–Crippen LogP) is 4.86. The first-order chi connectivity index (χ1) is 16.1. The molecule has 0 heterocycles. The topological polar surface area (TPSA) is 86.2 Å². The van der Waals surface area contributed by atoms with Crippen LogP contribution in [0.2, 0.25) is 0 Å². The van der Waals surface area contributed by atoms with Crippen LogP contribution in [-0.2, 0) is 0 Å². The number of nitrogens with zero attached hydrogens (tertiary/aromatic N) is 1. The zero-order chi connectivity index (χ0) is 23.5. The number of carbonyl (C=O) groups is 2. The third kappa shape index (κ3) is 6.93. The van der Waals surface area contributed by atoms with Crippen molar-refractivity contribution in [2.75, 3.05) is 13.2 Å². The average molecular weight is 447 g/mol. The normalized spacial score (nSPS) is 10.6. The van der Waals surface area contributed by atoms with Crippen molar-refractivity contribution in [3.63, 3.8) is 0 Å². The lowest BCUT2D eigenvalue weighted by atomic mass is 10.2. The number of esters is 1. The SMILES string of the molecule is CCCOc1ccc(C(=O)Oc2ccc(C=NNC(=O)c3ccccc3)cc2OCC)cc1. The van der Waals surface area contributed by atoms with Crippen molar-refractivity contribution >= 4 is 18.1 Å². The Morgan fingerprint density at radius 2 is 1.64 bits per heavy atom. The minimum absolute atomic E-state index is 0.290. The quantitative estimate of drug-likeness (QED) is 0.208. The summed E-state index contributed by atoms with van der Waals surface area (Å²) in [6, 6.07) is 20.6. The third-order valence-electron chi connectivity index (χ3n) is 4.45. The summed E-state index contributed by atoms with van der Waals surface area (Å²) >= 11 is 0. The molecule has 1 N–H and O–H groups in total. The Balaban J connectivity index is 1.66. The van der Waals surface area contributed by atoms with Gasteiger partial charge in [0.1, 0.15) is 5.75 Å². The number of rotatable bonds is 10. The van der Waals surface area contributed by atoms with Crippen LogP contribution in [0.25, 0.3) is 0 Å². The average Bonchev–Trinajstić information content (AvgIpc) is 2.85. The largest absolute Gasteiger partial charge is 0.494 e. The number of hydrogen-bond donors (Lipinski definition) is 1. The zero-order valence-electron chi connectivity index (χ0n) is 18.6. The summed E-state index contributed by atoms with van der Waals surface area (Å²) in [4.78, 5) is 24.6. The first kappa shape index (κ1) is 23.5. The molecule has 0 aliphatic heterocycles. The second-order valence-electron chi connectivity index (χ2n) is 6.97. The molecule has 3 aromatic rings. The van der Waals surface area contributed by atoms with E-state index in [9.17, 15) is 9.59 Å². The van der Waals surface area contributed by atoms with Crippen LogP contribution in [0.15, 0.2) is 77.9 Å². The molecule has 0 saturated heterocycles. The van der Waals surface area contributed by atoms with E-state index in [0.717, 1.165) is 6.42 Å². The summed E-state index contributed by atoms with van der Waals surface area (Å²) in [7, 11) is 0. The smallest absolute Gasteiger partial charge is 0.343 e. The highest BCUT2D eigenvalue weighted by Crippen LogP contribution is 2.29. The Bertz CT molecular complexity index is 1100. The summed E-state index contributed by atoms with van der Waals surface area (Å²) < 4.78 is 16.7. The number of carbonyl (C=O) groups excluding carboxylic acids is 2. The molecule has 0 saturated carbocycles. The molecule has 7 nitrogen and oxygen atoms in total. The van der Waals surface area contributed by atoms with Gasteiger partial charge >= 0.3 is 5.97 Å². The molecule has 0 radical (unpaired) electrons. The molecule has 0 aliphatic rings. The zero-order valence-corrected chi connectivity index (χ0v) is 18.6. The Morgan fingerprint density at radius 3 is 2.33 bits per heavy atom. The molecule has 7 heteroatoms. The summed E-state index contributed by atoms with van der Waals surface area (Å²) in [5, 5.41) is 3.99. The molecule has 0 aliphatic carbocycles. The number of amides is 1. The monoisotopic (exact) mass is 446 g/mol. The minimum atomic E-state index is -0.505. The van der Waals surface area contributed by atoms with Gasteiger partial charge in [-0.05, 0) is 73.5 Å². The van der Waals surface area contributed by atoms with Crippen molar-refractivity contribution in [2.45, 2.75) is 20.3 Å². The highest BCUT2D eigenvalue weighted by Gasteiger charge is 2.13. The van der Waals surface area contributed by atoms with Gasteiger partial charge in [-0.25, -0.2) is 10.2 Å². The van der Waals surface area contributed by atoms with Gasteiger partial charge in [-0.3, -0.25) is 4.79 Å². The number of hydrazone groups is 1. The molecule has 1 amide bonds. The number of benzene rings is 3. The highest BCUT2D eigenvalue weighted by atomic mass is 16.6. The molecule has 170 valence electrons. The van der Waals surface area contributed by atoms with Crippen molar-refractivity contribution in [1.82, 2.24) is 5.43 Å².